The van der Waals surface area contributed by atoms with Gasteiger partial charge in [0.1, 0.15) is 0 Å². The fraction of sp³-hybridized carbons (Fsp3) is 0.333. The fourth-order valence-electron chi connectivity index (χ4n) is 6.40. The molecule has 182 valence electrons. The monoisotopic (exact) mass is 483 g/mol. The van der Waals surface area contributed by atoms with Gasteiger partial charge in [0, 0.05) is 29.7 Å². The SMILES string of the molecule is CC(=O)N(c1cccnc1)c1cccc(-c2cccc3c2ccn3[Si](C(C)C)(C(C)C)C(C)C)c1. The number of carbonyl (C=O) groups excluding carboxylic acids is 1. The molecule has 5 heteroatoms. The van der Waals surface area contributed by atoms with Crippen LogP contribution in [0, 0.1) is 0 Å². The lowest BCUT2D eigenvalue weighted by molar-refractivity contribution is -0.115. The van der Waals surface area contributed by atoms with Crippen LogP contribution < -0.4 is 4.90 Å². The van der Waals surface area contributed by atoms with Crippen molar-refractivity contribution in [1.82, 2.24) is 9.22 Å². The Labute approximate surface area is 210 Å². The van der Waals surface area contributed by atoms with Gasteiger partial charge in [0.2, 0.25) is 5.91 Å². The van der Waals surface area contributed by atoms with Crippen LogP contribution in [0.25, 0.3) is 22.0 Å². The summed E-state index contributed by atoms with van der Waals surface area (Å²) in [5.74, 6) is -0.0407. The van der Waals surface area contributed by atoms with Gasteiger partial charge in [-0.05, 0) is 70.3 Å². The Morgan fingerprint density at radius 3 is 2.11 bits per heavy atom. The predicted molar refractivity (Wildman–Crippen MR) is 151 cm³/mol. The number of fused-ring (bicyclic) bond motifs is 1. The van der Waals surface area contributed by atoms with Gasteiger partial charge < -0.3 is 4.23 Å². The molecule has 0 aliphatic rings. The molecule has 0 fully saturated rings. The summed E-state index contributed by atoms with van der Waals surface area (Å²) < 4.78 is 2.66. The number of pyridine rings is 1. The van der Waals surface area contributed by atoms with Gasteiger partial charge in [-0.2, -0.15) is 0 Å². The Bertz CT molecular complexity index is 1300. The van der Waals surface area contributed by atoms with E-state index < -0.39 is 8.24 Å². The van der Waals surface area contributed by atoms with E-state index in [4.69, 9.17) is 0 Å². The maximum atomic E-state index is 12.6. The van der Waals surface area contributed by atoms with Crippen molar-refractivity contribution in [2.75, 3.05) is 4.90 Å². The summed E-state index contributed by atoms with van der Waals surface area (Å²) in [7, 11) is -1.87. The first-order chi connectivity index (χ1) is 16.7. The number of hydrogen-bond acceptors (Lipinski definition) is 2. The molecule has 2 heterocycles. The van der Waals surface area contributed by atoms with Crippen LogP contribution in [0.2, 0.25) is 16.6 Å². The van der Waals surface area contributed by atoms with E-state index in [1.54, 1.807) is 24.2 Å². The average molecular weight is 484 g/mol. The van der Waals surface area contributed by atoms with Crippen molar-refractivity contribution >= 4 is 36.4 Å². The molecule has 35 heavy (non-hydrogen) atoms. The number of aromatic nitrogens is 2. The van der Waals surface area contributed by atoms with Crippen molar-refractivity contribution in [3.63, 3.8) is 0 Å². The van der Waals surface area contributed by atoms with Crippen LogP contribution in [0.4, 0.5) is 11.4 Å². The lowest BCUT2D eigenvalue weighted by atomic mass is 10.0. The van der Waals surface area contributed by atoms with Crippen LogP contribution >= 0.6 is 0 Å². The molecule has 0 atom stereocenters. The second-order valence-corrected chi connectivity index (χ2v) is 16.1. The molecule has 4 rings (SSSR count). The highest BCUT2D eigenvalue weighted by atomic mass is 28.3. The second kappa shape index (κ2) is 9.82. The van der Waals surface area contributed by atoms with Crippen molar-refractivity contribution < 1.29 is 4.79 Å². The van der Waals surface area contributed by atoms with Gasteiger partial charge in [-0.1, -0.05) is 65.8 Å². The molecule has 0 N–H and O–H groups in total. The Balaban J connectivity index is 1.88. The molecule has 4 aromatic rings. The summed E-state index contributed by atoms with van der Waals surface area (Å²) in [6.45, 7) is 16.0. The average Bonchev–Trinajstić information content (AvgIpc) is 3.24. The van der Waals surface area contributed by atoms with Gasteiger partial charge in [0.05, 0.1) is 11.9 Å². The molecule has 2 aromatic heterocycles. The van der Waals surface area contributed by atoms with E-state index in [-0.39, 0.29) is 5.91 Å². The minimum Gasteiger partial charge on any atom is -0.373 e. The zero-order valence-electron chi connectivity index (χ0n) is 22.0. The van der Waals surface area contributed by atoms with Crippen molar-refractivity contribution in [2.45, 2.75) is 65.1 Å². The van der Waals surface area contributed by atoms with E-state index >= 15 is 0 Å². The van der Waals surface area contributed by atoms with Crippen LogP contribution in [-0.2, 0) is 4.79 Å². The highest BCUT2D eigenvalue weighted by Gasteiger charge is 2.45. The maximum absolute atomic E-state index is 12.6. The van der Waals surface area contributed by atoms with E-state index in [1.807, 2.05) is 24.3 Å². The van der Waals surface area contributed by atoms with Gasteiger partial charge in [-0.3, -0.25) is 14.7 Å². The van der Waals surface area contributed by atoms with Gasteiger partial charge in [-0.25, -0.2) is 0 Å². The van der Waals surface area contributed by atoms with E-state index in [0.717, 1.165) is 16.9 Å². The minimum absolute atomic E-state index is 0.0407. The van der Waals surface area contributed by atoms with Gasteiger partial charge in [-0.15, -0.1) is 0 Å². The van der Waals surface area contributed by atoms with Crippen LogP contribution in [0.15, 0.2) is 79.3 Å². The molecule has 0 unspecified atom stereocenters. The van der Waals surface area contributed by atoms with Crippen LogP contribution in [-0.4, -0.2) is 23.4 Å². The van der Waals surface area contributed by atoms with Gasteiger partial charge in [0.15, 0.2) is 8.24 Å². The number of benzene rings is 2. The topological polar surface area (TPSA) is 38.1 Å². The van der Waals surface area contributed by atoms with Crippen molar-refractivity contribution in [2.24, 2.45) is 0 Å². The summed E-state index contributed by atoms with van der Waals surface area (Å²) in [6.07, 6.45) is 5.78. The summed E-state index contributed by atoms with van der Waals surface area (Å²) in [4.78, 5) is 18.5. The zero-order chi connectivity index (χ0) is 25.3. The summed E-state index contributed by atoms with van der Waals surface area (Å²) in [5.41, 5.74) is 7.07. The van der Waals surface area contributed by atoms with Gasteiger partial charge in [0.25, 0.3) is 0 Å². The summed E-state index contributed by atoms with van der Waals surface area (Å²) in [6, 6.07) is 20.9. The van der Waals surface area contributed by atoms with Crippen molar-refractivity contribution in [3.05, 3.63) is 79.3 Å². The number of carbonyl (C=O) groups is 1. The van der Waals surface area contributed by atoms with Crippen LogP contribution in [0.1, 0.15) is 48.5 Å². The number of nitrogens with zero attached hydrogens (tertiary/aromatic N) is 3. The third kappa shape index (κ3) is 4.23. The standard InChI is InChI=1S/C30H37N3OSi/c1-21(2)35(22(3)4,23(5)6)32-18-16-29-28(14-9-15-30(29)32)25-11-8-12-26(19-25)33(24(7)34)27-13-10-17-31-20-27/h8-23H,1-7H3. The summed E-state index contributed by atoms with van der Waals surface area (Å²) >= 11 is 0. The first-order valence-electron chi connectivity index (χ1n) is 12.6. The molecule has 0 bridgehead atoms. The molecule has 0 saturated heterocycles. The van der Waals surface area contributed by atoms with E-state index in [9.17, 15) is 4.79 Å². The molecule has 0 radical (unpaired) electrons. The molecule has 0 aliphatic heterocycles. The lowest BCUT2D eigenvalue weighted by Crippen LogP contribution is -2.51. The van der Waals surface area contributed by atoms with Crippen molar-refractivity contribution in [1.29, 1.82) is 0 Å². The molecule has 0 aliphatic carbocycles. The Hall–Kier alpha value is -3.18. The van der Waals surface area contributed by atoms with Crippen LogP contribution in [0.3, 0.4) is 0 Å². The zero-order valence-corrected chi connectivity index (χ0v) is 23.0. The molecular weight excluding hydrogens is 446 g/mol. The fourth-order valence-corrected chi connectivity index (χ4v) is 13.0. The normalized spacial score (nSPS) is 12.2. The van der Waals surface area contributed by atoms with E-state index in [0.29, 0.717) is 16.6 Å². The smallest absolute Gasteiger partial charge is 0.228 e. The van der Waals surface area contributed by atoms with E-state index in [1.165, 1.54) is 16.5 Å². The quantitative estimate of drug-likeness (QED) is 0.247. The molecule has 1 amide bonds. The van der Waals surface area contributed by atoms with Crippen molar-refractivity contribution in [3.8, 4) is 11.1 Å². The Morgan fingerprint density at radius 1 is 0.857 bits per heavy atom. The molecule has 4 nitrogen and oxygen atoms in total. The third-order valence-electron chi connectivity index (χ3n) is 7.56. The molecule has 2 aromatic carbocycles. The van der Waals surface area contributed by atoms with Gasteiger partial charge >= 0.3 is 0 Å². The number of rotatable bonds is 7. The Kier molecular flexibility index (Phi) is 6.99. The predicted octanol–water partition coefficient (Wildman–Crippen LogP) is 8.41. The summed E-state index contributed by atoms with van der Waals surface area (Å²) in [5, 5.41) is 1.26. The molecule has 0 saturated carbocycles. The third-order valence-corrected chi connectivity index (χ3v) is 14.3. The van der Waals surface area contributed by atoms with E-state index in [2.05, 4.69) is 93.4 Å². The minimum atomic E-state index is -1.87. The first-order valence-corrected chi connectivity index (χ1v) is 14.8. The molecular formula is C30H37N3OSi. The number of amides is 1. The highest BCUT2D eigenvalue weighted by molar-refractivity contribution is 6.82. The second-order valence-electron chi connectivity index (χ2n) is 10.4. The highest BCUT2D eigenvalue weighted by Crippen LogP contribution is 2.45. The number of anilines is 2. The van der Waals surface area contributed by atoms with Crippen LogP contribution in [0.5, 0.6) is 0 Å². The largest absolute Gasteiger partial charge is 0.373 e. The first kappa shape index (κ1) is 24.9. The Morgan fingerprint density at radius 2 is 1.51 bits per heavy atom. The lowest BCUT2D eigenvalue weighted by Gasteiger charge is -2.44. The molecule has 0 spiro atoms. The maximum Gasteiger partial charge on any atom is 0.228 e. The number of hydrogen-bond donors (Lipinski definition) is 0.